The largest absolute Gasteiger partial charge is 0.505 e. The molecule has 0 atom stereocenters. The molecule has 72 valence electrons. The summed E-state index contributed by atoms with van der Waals surface area (Å²) in [7, 11) is 0. The Morgan fingerprint density at radius 2 is 1.77 bits per heavy atom. The number of hydrogen-bond donors (Lipinski definition) is 1. The first kappa shape index (κ1) is 9.83. The van der Waals surface area contributed by atoms with Crippen LogP contribution in [0.2, 0.25) is 0 Å². The summed E-state index contributed by atoms with van der Waals surface area (Å²) in [4.78, 5) is 0. The average Bonchev–Trinajstić information content (AvgIpc) is 1.97. The summed E-state index contributed by atoms with van der Waals surface area (Å²) in [6.07, 6.45) is -4.56. The summed E-state index contributed by atoms with van der Waals surface area (Å²) < 4.78 is 48.8. The van der Waals surface area contributed by atoms with E-state index < -0.39 is 23.3 Å². The minimum absolute atomic E-state index is 0.229. The minimum atomic E-state index is -4.56. The highest BCUT2D eigenvalue weighted by Crippen LogP contribution is 2.33. The summed E-state index contributed by atoms with van der Waals surface area (Å²) in [6, 6.07) is 1.01. The number of aryl methyl sites for hydroxylation is 1. The van der Waals surface area contributed by atoms with Crippen LogP contribution in [0.25, 0.3) is 0 Å². The second-order valence-electron chi connectivity index (χ2n) is 2.62. The van der Waals surface area contributed by atoms with E-state index in [0.717, 1.165) is 6.92 Å². The van der Waals surface area contributed by atoms with Crippen molar-refractivity contribution in [1.82, 2.24) is 0 Å². The number of phenolic OH excluding ortho intramolecular Hbond substituents is 1. The van der Waals surface area contributed by atoms with Gasteiger partial charge in [-0.15, -0.1) is 0 Å². The summed E-state index contributed by atoms with van der Waals surface area (Å²) in [5.74, 6) is -2.00. The van der Waals surface area contributed by atoms with Crippen molar-refractivity contribution in [2.24, 2.45) is 0 Å². The zero-order chi connectivity index (χ0) is 10.2. The molecule has 0 aliphatic heterocycles. The second kappa shape index (κ2) is 2.90. The maximum Gasteiger partial charge on any atom is 0.416 e. The average molecular weight is 194 g/mol. The third kappa shape index (κ3) is 1.91. The number of hydrogen-bond acceptors (Lipinski definition) is 1. The van der Waals surface area contributed by atoms with E-state index in [-0.39, 0.29) is 5.56 Å². The molecule has 1 aromatic carbocycles. The molecule has 0 aromatic heterocycles. The van der Waals surface area contributed by atoms with E-state index in [4.69, 9.17) is 5.11 Å². The Morgan fingerprint density at radius 1 is 1.23 bits per heavy atom. The molecule has 0 unspecified atom stereocenters. The van der Waals surface area contributed by atoms with Gasteiger partial charge in [-0.2, -0.15) is 13.2 Å². The van der Waals surface area contributed by atoms with Gasteiger partial charge in [-0.25, -0.2) is 4.39 Å². The van der Waals surface area contributed by atoms with E-state index in [0.29, 0.717) is 12.1 Å². The Balaban J connectivity index is 3.29. The highest BCUT2D eigenvalue weighted by molar-refractivity contribution is 5.36. The molecule has 0 fully saturated rings. The van der Waals surface area contributed by atoms with Crippen LogP contribution in [-0.4, -0.2) is 5.11 Å². The molecule has 1 N–H and O–H groups in total. The van der Waals surface area contributed by atoms with E-state index in [1.54, 1.807) is 0 Å². The normalized spacial score (nSPS) is 11.8. The molecule has 13 heavy (non-hydrogen) atoms. The molecule has 1 rings (SSSR count). The molecular formula is C8H6F4O. The molecule has 0 bridgehead atoms. The van der Waals surface area contributed by atoms with Crippen LogP contribution in [0.5, 0.6) is 5.75 Å². The van der Waals surface area contributed by atoms with Crippen molar-refractivity contribution < 1.29 is 22.7 Å². The third-order valence-electron chi connectivity index (χ3n) is 1.56. The maximum absolute atomic E-state index is 12.7. The van der Waals surface area contributed by atoms with Crippen molar-refractivity contribution in [3.05, 3.63) is 29.1 Å². The van der Waals surface area contributed by atoms with Crippen LogP contribution in [0.3, 0.4) is 0 Å². The number of benzene rings is 1. The van der Waals surface area contributed by atoms with Gasteiger partial charge < -0.3 is 5.11 Å². The maximum atomic E-state index is 12.7. The van der Waals surface area contributed by atoms with Crippen molar-refractivity contribution >= 4 is 0 Å². The lowest BCUT2D eigenvalue weighted by atomic mass is 10.1. The number of phenols is 1. The first-order valence-electron chi connectivity index (χ1n) is 3.38. The Kier molecular flexibility index (Phi) is 2.19. The molecule has 0 aliphatic rings. The van der Waals surface area contributed by atoms with Gasteiger partial charge in [0.25, 0.3) is 0 Å². The number of aromatic hydroxyl groups is 1. The van der Waals surface area contributed by atoms with E-state index in [1.807, 2.05) is 0 Å². The van der Waals surface area contributed by atoms with E-state index in [9.17, 15) is 17.6 Å². The molecule has 0 radical (unpaired) electrons. The fourth-order valence-electron chi connectivity index (χ4n) is 0.915. The number of halogens is 4. The molecular weight excluding hydrogens is 188 g/mol. The van der Waals surface area contributed by atoms with Crippen LogP contribution in [0.15, 0.2) is 12.1 Å². The lowest BCUT2D eigenvalue weighted by Crippen LogP contribution is -2.05. The van der Waals surface area contributed by atoms with Crippen molar-refractivity contribution in [3.63, 3.8) is 0 Å². The van der Waals surface area contributed by atoms with Gasteiger partial charge in [0.1, 0.15) is 0 Å². The summed E-state index contributed by atoms with van der Waals surface area (Å²) in [6.45, 7) is 1.16. The Morgan fingerprint density at radius 3 is 2.15 bits per heavy atom. The number of alkyl halides is 3. The predicted molar refractivity (Wildman–Crippen MR) is 37.8 cm³/mol. The molecule has 0 aliphatic carbocycles. The minimum Gasteiger partial charge on any atom is -0.505 e. The van der Waals surface area contributed by atoms with Gasteiger partial charge in [0.2, 0.25) is 0 Å². The SMILES string of the molecule is Cc1cc(C(F)(F)F)cc(O)c1F. The van der Waals surface area contributed by atoms with Crippen molar-refractivity contribution in [3.8, 4) is 5.75 Å². The standard InChI is InChI=1S/C8H6F4O/c1-4-2-5(8(10,11)12)3-6(13)7(4)9/h2-3,13H,1H3. The molecule has 1 nitrogen and oxygen atoms in total. The molecule has 0 spiro atoms. The fourth-order valence-corrected chi connectivity index (χ4v) is 0.915. The molecule has 0 saturated heterocycles. The molecule has 1 aromatic rings. The van der Waals surface area contributed by atoms with Gasteiger partial charge in [-0.1, -0.05) is 0 Å². The Bertz CT molecular complexity index is 306. The fraction of sp³-hybridized carbons (Fsp3) is 0.250. The summed E-state index contributed by atoms with van der Waals surface area (Å²) in [5.41, 5.74) is -1.28. The smallest absolute Gasteiger partial charge is 0.416 e. The van der Waals surface area contributed by atoms with Crippen LogP contribution in [-0.2, 0) is 6.18 Å². The highest BCUT2D eigenvalue weighted by atomic mass is 19.4. The van der Waals surface area contributed by atoms with Gasteiger partial charge in [0, 0.05) is 0 Å². The lowest BCUT2D eigenvalue weighted by molar-refractivity contribution is -0.137. The van der Waals surface area contributed by atoms with Gasteiger partial charge in [-0.05, 0) is 24.6 Å². The van der Waals surface area contributed by atoms with E-state index >= 15 is 0 Å². The van der Waals surface area contributed by atoms with Crippen LogP contribution in [0.1, 0.15) is 11.1 Å². The molecule has 0 amide bonds. The van der Waals surface area contributed by atoms with E-state index in [1.165, 1.54) is 0 Å². The summed E-state index contributed by atoms with van der Waals surface area (Å²) >= 11 is 0. The first-order valence-corrected chi connectivity index (χ1v) is 3.38. The quantitative estimate of drug-likeness (QED) is 0.629. The summed E-state index contributed by atoms with van der Waals surface area (Å²) in [5, 5.41) is 8.77. The second-order valence-corrected chi connectivity index (χ2v) is 2.62. The van der Waals surface area contributed by atoms with Crippen LogP contribution in [0.4, 0.5) is 17.6 Å². The number of rotatable bonds is 0. The first-order chi connectivity index (χ1) is 5.82. The molecule has 0 saturated carbocycles. The van der Waals surface area contributed by atoms with Crippen LogP contribution < -0.4 is 0 Å². The Hall–Kier alpha value is -1.26. The van der Waals surface area contributed by atoms with Crippen LogP contribution in [0, 0.1) is 12.7 Å². The van der Waals surface area contributed by atoms with Crippen molar-refractivity contribution in [2.45, 2.75) is 13.1 Å². The topological polar surface area (TPSA) is 20.2 Å². The monoisotopic (exact) mass is 194 g/mol. The van der Waals surface area contributed by atoms with Gasteiger partial charge in [-0.3, -0.25) is 0 Å². The van der Waals surface area contributed by atoms with Crippen molar-refractivity contribution in [2.75, 3.05) is 0 Å². The predicted octanol–water partition coefficient (Wildman–Crippen LogP) is 2.86. The lowest BCUT2D eigenvalue weighted by Gasteiger charge is -2.08. The Labute approximate surface area is 71.6 Å². The van der Waals surface area contributed by atoms with Gasteiger partial charge >= 0.3 is 6.18 Å². The molecule has 0 heterocycles. The van der Waals surface area contributed by atoms with Crippen LogP contribution >= 0.6 is 0 Å². The molecule has 5 heteroatoms. The zero-order valence-corrected chi connectivity index (χ0v) is 6.61. The van der Waals surface area contributed by atoms with E-state index in [2.05, 4.69) is 0 Å². The van der Waals surface area contributed by atoms with Crippen molar-refractivity contribution in [1.29, 1.82) is 0 Å². The van der Waals surface area contributed by atoms with Gasteiger partial charge in [0.15, 0.2) is 11.6 Å². The highest BCUT2D eigenvalue weighted by Gasteiger charge is 2.31. The van der Waals surface area contributed by atoms with Gasteiger partial charge in [0.05, 0.1) is 5.56 Å². The third-order valence-corrected chi connectivity index (χ3v) is 1.56. The zero-order valence-electron chi connectivity index (χ0n) is 6.61.